The zero-order valence-electron chi connectivity index (χ0n) is 10.1. The van der Waals surface area contributed by atoms with E-state index in [0.29, 0.717) is 5.69 Å². The van der Waals surface area contributed by atoms with Gasteiger partial charge in [-0.1, -0.05) is 30.3 Å². The van der Waals surface area contributed by atoms with Gasteiger partial charge >= 0.3 is 0 Å². The maximum Gasteiger partial charge on any atom is 0.227 e. The molecular weight excluding hydrogens is 222 g/mol. The summed E-state index contributed by atoms with van der Waals surface area (Å²) in [6, 6.07) is 19.5. The van der Waals surface area contributed by atoms with Crippen molar-refractivity contribution in [1.82, 2.24) is 0 Å². The Morgan fingerprint density at radius 2 is 1.61 bits per heavy atom. The van der Waals surface area contributed by atoms with Gasteiger partial charge in [-0.2, -0.15) is 4.73 Å². The lowest BCUT2D eigenvalue weighted by atomic mass is 10.1. The van der Waals surface area contributed by atoms with Crippen LogP contribution in [0, 0.1) is 12.1 Å². The summed E-state index contributed by atoms with van der Waals surface area (Å²) < 4.78 is 1.03. The number of aromatic nitrogens is 1. The molecule has 2 aromatic carbocycles. The molecule has 0 unspecified atom stereocenters. The molecule has 0 atom stereocenters. The lowest BCUT2D eigenvalue weighted by Gasteiger charge is -2.09. The van der Waals surface area contributed by atoms with Gasteiger partial charge in [0.05, 0.1) is 0 Å². The Morgan fingerprint density at radius 3 is 2.39 bits per heavy atom. The number of hydrogen-bond acceptors (Lipinski definition) is 1. The molecule has 0 aliphatic rings. The van der Waals surface area contributed by atoms with Crippen molar-refractivity contribution in [2.75, 3.05) is 0 Å². The Kier molecular flexibility index (Phi) is 2.49. The van der Waals surface area contributed by atoms with Crippen molar-refractivity contribution in [2.24, 2.45) is 0 Å². The molecule has 2 nitrogen and oxygen atoms in total. The zero-order valence-corrected chi connectivity index (χ0v) is 10.1. The van der Waals surface area contributed by atoms with Crippen LogP contribution in [0.4, 0.5) is 0 Å². The molecule has 2 heteroatoms. The average molecular weight is 235 g/mol. The molecule has 3 aromatic rings. The number of nitrogens with zero attached hydrogens (tertiary/aromatic N) is 1. The van der Waals surface area contributed by atoms with Gasteiger partial charge in [0.1, 0.15) is 0 Å². The number of para-hydroxylation sites is 1. The van der Waals surface area contributed by atoms with Gasteiger partial charge in [0.2, 0.25) is 11.2 Å². The third-order valence-corrected chi connectivity index (χ3v) is 3.18. The third-order valence-electron chi connectivity index (χ3n) is 3.18. The van der Waals surface area contributed by atoms with Crippen LogP contribution in [0.3, 0.4) is 0 Å². The van der Waals surface area contributed by atoms with Crippen LogP contribution in [0.25, 0.3) is 22.2 Å². The Hall–Kier alpha value is -2.35. The minimum absolute atomic E-state index is 0.692. The van der Waals surface area contributed by atoms with Crippen LogP contribution in [0.1, 0.15) is 5.56 Å². The Labute approximate surface area is 106 Å². The van der Waals surface area contributed by atoms with E-state index in [1.807, 2.05) is 67.6 Å². The fraction of sp³-hybridized carbons (Fsp3) is 0.0625. The van der Waals surface area contributed by atoms with Crippen LogP contribution in [0.5, 0.6) is 0 Å². The highest BCUT2D eigenvalue weighted by Gasteiger charge is 2.13. The second-order valence-electron chi connectivity index (χ2n) is 4.39. The van der Waals surface area contributed by atoms with Gasteiger partial charge in [-0.15, -0.1) is 0 Å². The highest BCUT2D eigenvalue weighted by Crippen LogP contribution is 2.20. The summed E-state index contributed by atoms with van der Waals surface area (Å²) in [7, 11) is 0. The highest BCUT2D eigenvalue weighted by molar-refractivity contribution is 5.80. The molecule has 1 heterocycles. The summed E-state index contributed by atoms with van der Waals surface area (Å²) in [6.07, 6.45) is 0. The molecule has 0 aliphatic heterocycles. The fourth-order valence-electron chi connectivity index (χ4n) is 2.27. The topological polar surface area (TPSA) is 26.9 Å². The Morgan fingerprint density at radius 1 is 0.833 bits per heavy atom. The van der Waals surface area contributed by atoms with Gasteiger partial charge in [-0.05, 0) is 31.2 Å². The quantitative estimate of drug-likeness (QED) is 0.469. The first-order valence-electron chi connectivity index (χ1n) is 5.95. The van der Waals surface area contributed by atoms with Crippen molar-refractivity contribution in [3.63, 3.8) is 0 Å². The van der Waals surface area contributed by atoms with E-state index in [4.69, 9.17) is 0 Å². The number of rotatable bonds is 1. The van der Waals surface area contributed by atoms with E-state index in [-0.39, 0.29) is 0 Å². The summed E-state index contributed by atoms with van der Waals surface area (Å²) in [5, 5.41) is 13.4. The van der Waals surface area contributed by atoms with Crippen molar-refractivity contribution in [2.45, 2.75) is 6.92 Å². The molecular formula is C16H13NO. The molecule has 0 amide bonds. The van der Waals surface area contributed by atoms with E-state index in [2.05, 4.69) is 0 Å². The maximum absolute atomic E-state index is 12.5. The molecule has 0 N–H and O–H groups in total. The summed E-state index contributed by atoms with van der Waals surface area (Å²) in [4.78, 5) is 0. The minimum atomic E-state index is 0.692. The van der Waals surface area contributed by atoms with Gasteiger partial charge in [-0.25, -0.2) is 0 Å². The molecule has 0 bridgehead atoms. The normalized spacial score (nSPS) is 10.7. The van der Waals surface area contributed by atoms with Gasteiger partial charge in [-0.3, -0.25) is 0 Å². The number of pyridine rings is 1. The van der Waals surface area contributed by atoms with Gasteiger partial charge < -0.3 is 5.21 Å². The molecule has 0 fully saturated rings. The fourth-order valence-corrected chi connectivity index (χ4v) is 2.27. The van der Waals surface area contributed by atoms with Crippen molar-refractivity contribution < 1.29 is 4.73 Å². The predicted octanol–water partition coefficient (Wildman–Crippen LogP) is 3.45. The summed E-state index contributed by atoms with van der Waals surface area (Å²) >= 11 is 0. The minimum Gasteiger partial charge on any atom is -0.618 e. The first-order valence-corrected chi connectivity index (χ1v) is 5.95. The van der Waals surface area contributed by atoms with Crippen LogP contribution >= 0.6 is 0 Å². The third kappa shape index (κ3) is 1.63. The number of hydrogen-bond donors (Lipinski definition) is 0. The van der Waals surface area contributed by atoms with E-state index >= 15 is 0 Å². The van der Waals surface area contributed by atoms with Crippen LogP contribution in [-0.2, 0) is 0 Å². The molecule has 0 saturated heterocycles. The number of fused-ring (bicyclic) bond motifs is 1. The Bertz CT molecular complexity index is 705. The molecule has 88 valence electrons. The highest BCUT2D eigenvalue weighted by atomic mass is 16.5. The standard InChI is InChI=1S/C16H13NO/c1-12-6-5-9-14-10-11-15(17(18)16(12)14)13-7-3-2-4-8-13/h2-11H,1H3. The lowest BCUT2D eigenvalue weighted by Crippen LogP contribution is -2.30. The second kappa shape index (κ2) is 4.15. The lowest BCUT2D eigenvalue weighted by molar-refractivity contribution is -0.565. The largest absolute Gasteiger partial charge is 0.618 e. The molecule has 18 heavy (non-hydrogen) atoms. The van der Waals surface area contributed by atoms with Crippen LogP contribution in [0.15, 0.2) is 60.7 Å². The van der Waals surface area contributed by atoms with E-state index in [0.717, 1.165) is 26.8 Å². The second-order valence-corrected chi connectivity index (χ2v) is 4.39. The SMILES string of the molecule is Cc1cccc2ccc(-c3ccccc3)[n+]([O-])c12. The number of aryl methyl sites for hydroxylation is 1. The van der Waals surface area contributed by atoms with Crippen LogP contribution in [-0.4, -0.2) is 0 Å². The summed E-state index contributed by atoms with van der Waals surface area (Å²) in [5.74, 6) is 0. The maximum atomic E-state index is 12.5. The Balaban J connectivity index is 2.33. The molecule has 0 spiro atoms. The molecule has 0 saturated carbocycles. The molecule has 1 aromatic heterocycles. The van der Waals surface area contributed by atoms with Crippen molar-refractivity contribution in [3.05, 3.63) is 71.4 Å². The first kappa shape index (κ1) is 10.8. The molecule has 3 rings (SSSR count). The first-order chi connectivity index (χ1) is 8.77. The average Bonchev–Trinajstić information content (AvgIpc) is 2.40. The van der Waals surface area contributed by atoms with Gasteiger partial charge in [0, 0.05) is 22.6 Å². The van der Waals surface area contributed by atoms with Crippen LogP contribution < -0.4 is 4.73 Å². The molecule has 0 radical (unpaired) electrons. The zero-order chi connectivity index (χ0) is 12.5. The predicted molar refractivity (Wildman–Crippen MR) is 73.1 cm³/mol. The molecule has 0 aliphatic carbocycles. The van der Waals surface area contributed by atoms with Crippen molar-refractivity contribution >= 4 is 10.9 Å². The van der Waals surface area contributed by atoms with E-state index in [1.165, 1.54) is 0 Å². The van der Waals surface area contributed by atoms with Gasteiger partial charge in [0.15, 0.2) is 0 Å². The summed E-state index contributed by atoms with van der Waals surface area (Å²) in [5.41, 5.74) is 3.38. The monoisotopic (exact) mass is 235 g/mol. The van der Waals surface area contributed by atoms with Crippen molar-refractivity contribution in [3.8, 4) is 11.3 Å². The van der Waals surface area contributed by atoms with E-state index in [9.17, 15) is 5.21 Å². The van der Waals surface area contributed by atoms with E-state index in [1.54, 1.807) is 0 Å². The van der Waals surface area contributed by atoms with Crippen molar-refractivity contribution in [1.29, 1.82) is 0 Å². The van der Waals surface area contributed by atoms with Gasteiger partial charge in [0.25, 0.3) is 0 Å². The van der Waals surface area contributed by atoms with Crippen LogP contribution in [0.2, 0.25) is 0 Å². The number of benzene rings is 2. The smallest absolute Gasteiger partial charge is 0.227 e. The van der Waals surface area contributed by atoms with E-state index < -0.39 is 0 Å². The summed E-state index contributed by atoms with van der Waals surface area (Å²) in [6.45, 7) is 1.96.